The lowest BCUT2D eigenvalue weighted by atomic mass is 9.98. The van der Waals surface area contributed by atoms with E-state index in [0.717, 1.165) is 31.5 Å². The van der Waals surface area contributed by atoms with E-state index in [2.05, 4.69) is 22.2 Å². The highest BCUT2D eigenvalue weighted by Gasteiger charge is 2.28. The minimum atomic E-state index is -0.0467. The maximum absolute atomic E-state index is 12.3. The van der Waals surface area contributed by atoms with Gasteiger partial charge >= 0.3 is 0 Å². The van der Waals surface area contributed by atoms with Crippen molar-refractivity contribution in [2.45, 2.75) is 44.7 Å². The number of hydrogen-bond acceptors (Lipinski definition) is 4. The van der Waals surface area contributed by atoms with Gasteiger partial charge in [-0.25, -0.2) is 0 Å². The summed E-state index contributed by atoms with van der Waals surface area (Å²) in [5, 5.41) is 3.83. The second-order valence-electron chi connectivity index (χ2n) is 7.63. The first-order chi connectivity index (χ1) is 12.5. The molecule has 3 rings (SSSR count). The van der Waals surface area contributed by atoms with Gasteiger partial charge in [0.2, 0.25) is 0 Å². The number of amides is 1. The standard InChI is InChI=1S/C20H30ClN3O2/c1-15-12-16(21)5-6-19(15)26-14-20(25)22-17-4-3-9-24(13-17)18-7-10-23(2)11-8-18/h5-6,12,17-18H,3-4,7-11,13-14H2,1-2H3,(H,22,25)/t17-/m0/s1. The third-order valence-corrected chi connectivity index (χ3v) is 5.75. The van der Waals surface area contributed by atoms with Crippen LogP contribution in [0.5, 0.6) is 5.75 Å². The number of aryl methyl sites for hydroxylation is 1. The minimum Gasteiger partial charge on any atom is -0.484 e. The Hall–Kier alpha value is -1.30. The van der Waals surface area contributed by atoms with E-state index < -0.39 is 0 Å². The molecule has 0 bridgehead atoms. The van der Waals surface area contributed by atoms with Crippen molar-refractivity contribution in [2.24, 2.45) is 0 Å². The molecule has 26 heavy (non-hydrogen) atoms. The number of piperidine rings is 2. The Balaban J connectivity index is 1.45. The lowest BCUT2D eigenvalue weighted by Gasteiger charge is -2.41. The van der Waals surface area contributed by atoms with Crippen molar-refractivity contribution in [2.75, 3.05) is 39.8 Å². The number of benzene rings is 1. The van der Waals surface area contributed by atoms with E-state index in [1.54, 1.807) is 6.07 Å². The van der Waals surface area contributed by atoms with Crippen LogP contribution >= 0.6 is 11.6 Å². The van der Waals surface area contributed by atoms with Crippen LogP contribution in [0, 0.1) is 6.92 Å². The molecule has 2 heterocycles. The summed E-state index contributed by atoms with van der Waals surface area (Å²) >= 11 is 5.95. The normalized spacial score (nSPS) is 23.0. The van der Waals surface area contributed by atoms with Gasteiger partial charge in [-0.2, -0.15) is 0 Å². The first kappa shape index (κ1) is 19.5. The van der Waals surface area contributed by atoms with Crippen molar-refractivity contribution in [3.05, 3.63) is 28.8 Å². The molecule has 2 fully saturated rings. The topological polar surface area (TPSA) is 44.8 Å². The first-order valence-corrected chi connectivity index (χ1v) is 10.00. The molecule has 144 valence electrons. The van der Waals surface area contributed by atoms with Crippen molar-refractivity contribution < 1.29 is 9.53 Å². The third-order valence-electron chi connectivity index (χ3n) is 5.52. The highest BCUT2D eigenvalue weighted by Crippen LogP contribution is 2.22. The van der Waals surface area contributed by atoms with Crippen LogP contribution in [0.4, 0.5) is 0 Å². The number of likely N-dealkylation sites (tertiary alicyclic amines) is 2. The number of nitrogens with one attached hydrogen (secondary N) is 1. The summed E-state index contributed by atoms with van der Waals surface area (Å²) in [5.41, 5.74) is 0.941. The number of carbonyl (C=O) groups excluding carboxylic acids is 1. The van der Waals surface area contributed by atoms with Crippen molar-refractivity contribution in [3.63, 3.8) is 0 Å². The summed E-state index contributed by atoms with van der Waals surface area (Å²) in [6.07, 6.45) is 4.66. The molecule has 1 atom stereocenters. The number of carbonyl (C=O) groups is 1. The van der Waals surface area contributed by atoms with Gasteiger partial charge in [0.25, 0.3) is 5.91 Å². The second kappa shape index (κ2) is 9.07. The summed E-state index contributed by atoms with van der Waals surface area (Å²) in [6.45, 7) is 6.44. The maximum atomic E-state index is 12.3. The zero-order valence-electron chi connectivity index (χ0n) is 15.8. The summed E-state index contributed by atoms with van der Waals surface area (Å²) in [5.74, 6) is 0.663. The van der Waals surface area contributed by atoms with Gasteiger partial charge in [0.15, 0.2) is 6.61 Å². The van der Waals surface area contributed by atoms with E-state index in [4.69, 9.17) is 16.3 Å². The number of hydrogen-bond donors (Lipinski definition) is 1. The highest BCUT2D eigenvalue weighted by atomic mass is 35.5. The highest BCUT2D eigenvalue weighted by molar-refractivity contribution is 6.30. The van der Waals surface area contributed by atoms with Gasteiger partial charge < -0.3 is 15.0 Å². The summed E-state index contributed by atoms with van der Waals surface area (Å²) < 4.78 is 5.66. The Morgan fingerprint density at radius 3 is 2.77 bits per heavy atom. The molecule has 1 N–H and O–H groups in total. The molecule has 2 saturated heterocycles. The van der Waals surface area contributed by atoms with E-state index >= 15 is 0 Å². The molecule has 0 aromatic heterocycles. The Bertz CT molecular complexity index is 617. The monoisotopic (exact) mass is 379 g/mol. The fourth-order valence-electron chi connectivity index (χ4n) is 4.00. The molecule has 5 nitrogen and oxygen atoms in total. The Kier molecular flexibility index (Phi) is 6.79. The van der Waals surface area contributed by atoms with Crippen molar-refractivity contribution in [3.8, 4) is 5.75 Å². The zero-order valence-corrected chi connectivity index (χ0v) is 16.6. The van der Waals surface area contributed by atoms with Crippen molar-refractivity contribution in [1.82, 2.24) is 15.1 Å². The molecule has 2 aliphatic rings. The molecule has 2 aliphatic heterocycles. The van der Waals surface area contributed by atoms with E-state index in [0.29, 0.717) is 16.8 Å². The molecule has 0 unspecified atom stereocenters. The average Bonchev–Trinajstić information content (AvgIpc) is 2.62. The molecule has 6 heteroatoms. The fourth-order valence-corrected chi connectivity index (χ4v) is 4.23. The van der Waals surface area contributed by atoms with Gasteiger partial charge in [0.05, 0.1) is 0 Å². The van der Waals surface area contributed by atoms with E-state index in [-0.39, 0.29) is 18.6 Å². The number of nitrogens with zero attached hydrogens (tertiary/aromatic N) is 2. The van der Waals surface area contributed by atoms with Gasteiger partial charge in [-0.15, -0.1) is 0 Å². The van der Waals surface area contributed by atoms with Gasteiger partial charge in [-0.05, 0) is 83.1 Å². The molecule has 0 radical (unpaired) electrons. The number of halogens is 1. The van der Waals surface area contributed by atoms with Crippen LogP contribution in [0.3, 0.4) is 0 Å². The Labute approximate surface area is 161 Å². The smallest absolute Gasteiger partial charge is 0.258 e. The van der Waals surface area contributed by atoms with Crippen LogP contribution in [-0.2, 0) is 4.79 Å². The number of ether oxygens (including phenoxy) is 1. The van der Waals surface area contributed by atoms with Crippen LogP contribution in [0.25, 0.3) is 0 Å². The minimum absolute atomic E-state index is 0.0467. The largest absolute Gasteiger partial charge is 0.484 e. The van der Waals surface area contributed by atoms with Gasteiger partial charge in [0, 0.05) is 23.7 Å². The third kappa shape index (κ3) is 5.35. The van der Waals surface area contributed by atoms with Crippen LogP contribution in [0.1, 0.15) is 31.2 Å². The predicted molar refractivity (Wildman–Crippen MR) is 105 cm³/mol. The number of rotatable bonds is 5. The summed E-state index contributed by atoms with van der Waals surface area (Å²) in [7, 11) is 2.19. The lowest BCUT2D eigenvalue weighted by Crippen LogP contribution is -2.53. The molecular formula is C20H30ClN3O2. The molecular weight excluding hydrogens is 350 g/mol. The lowest BCUT2D eigenvalue weighted by molar-refractivity contribution is -0.124. The fraction of sp³-hybridized carbons (Fsp3) is 0.650. The molecule has 0 aliphatic carbocycles. The maximum Gasteiger partial charge on any atom is 0.258 e. The summed E-state index contributed by atoms with van der Waals surface area (Å²) in [6, 6.07) is 6.33. The summed E-state index contributed by atoms with van der Waals surface area (Å²) in [4.78, 5) is 17.3. The van der Waals surface area contributed by atoms with Gasteiger partial charge in [0.1, 0.15) is 5.75 Å². The first-order valence-electron chi connectivity index (χ1n) is 9.62. The molecule has 0 saturated carbocycles. The molecule has 1 aromatic rings. The van der Waals surface area contributed by atoms with E-state index in [9.17, 15) is 4.79 Å². The molecule has 1 amide bonds. The molecule has 0 spiro atoms. The Morgan fingerprint density at radius 1 is 1.27 bits per heavy atom. The quantitative estimate of drug-likeness (QED) is 0.854. The van der Waals surface area contributed by atoms with Crippen molar-refractivity contribution >= 4 is 17.5 Å². The van der Waals surface area contributed by atoms with Crippen LogP contribution in [-0.4, -0.2) is 67.6 Å². The SMILES string of the molecule is Cc1cc(Cl)ccc1OCC(=O)N[C@H]1CCCN(C2CCN(C)CC2)C1. The van der Waals surface area contributed by atoms with Crippen molar-refractivity contribution in [1.29, 1.82) is 0 Å². The average molecular weight is 380 g/mol. The van der Waals surface area contributed by atoms with Crippen LogP contribution in [0.2, 0.25) is 5.02 Å². The van der Waals surface area contributed by atoms with Crippen LogP contribution < -0.4 is 10.1 Å². The zero-order chi connectivity index (χ0) is 18.5. The van der Waals surface area contributed by atoms with Crippen LogP contribution in [0.15, 0.2) is 18.2 Å². The molecule has 1 aromatic carbocycles. The van der Waals surface area contributed by atoms with E-state index in [1.165, 1.54) is 25.9 Å². The Morgan fingerprint density at radius 2 is 2.04 bits per heavy atom. The van der Waals surface area contributed by atoms with E-state index in [1.807, 2.05) is 19.1 Å². The second-order valence-corrected chi connectivity index (χ2v) is 8.07. The predicted octanol–water partition coefficient (Wildman–Crippen LogP) is 2.70. The van der Waals surface area contributed by atoms with Gasteiger partial charge in [-0.1, -0.05) is 11.6 Å². The van der Waals surface area contributed by atoms with Gasteiger partial charge in [-0.3, -0.25) is 9.69 Å².